The number of hydrogen-bond donors (Lipinski definition) is 0. The summed E-state index contributed by atoms with van der Waals surface area (Å²) in [4.78, 5) is 11.6. The van der Waals surface area contributed by atoms with E-state index >= 15 is 0 Å². The van der Waals surface area contributed by atoms with E-state index in [0.717, 1.165) is 10.8 Å². The Hall–Kier alpha value is -2.54. The van der Waals surface area contributed by atoms with Gasteiger partial charge in [-0.1, -0.05) is 30.0 Å². The predicted octanol–water partition coefficient (Wildman–Crippen LogP) is 2.94. The second-order valence-corrected chi connectivity index (χ2v) is 5.30. The van der Waals surface area contributed by atoms with E-state index in [-0.39, 0.29) is 0 Å². The summed E-state index contributed by atoms with van der Waals surface area (Å²) < 4.78 is 12.0. The second-order valence-electron chi connectivity index (χ2n) is 4.36. The number of furan rings is 1. The van der Waals surface area contributed by atoms with Gasteiger partial charge >= 0.3 is 5.97 Å². The zero-order valence-corrected chi connectivity index (χ0v) is 12.6. The molecule has 0 saturated carbocycles. The maximum Gasteiger partial charge on any atom is 0.341 e. The van der Waals surface area contributed by atoms with Crippen molar-refractivity contribution in [1.82, 2.24) is 14.8 Å². The van der Waals surface area contributed by atoms with Crippen LogP contribution in [0.3, 0.4) is 0 Å². The molecule has 0 aliphatic rings. The average Bonchev–Trinajstić information content (AvgIpc) is 3.21. The van der Waals surface area contributed by atoms with Gasteiger partial charge in [-0.15, -0.1) is 10.2 Å². The molecule has 0 amide bonds. The van der Waals surface area contributed by atoms with E-state index in [4.69, 9.17) is 9.15 Å². The summed E-state index contributed by atoms with van der Waals surface area (Å²) in [6.07, 6.45) is 3.13. The van der Waals surface area contributed by atoms with Crippen LogP contribution in [-0.2, 0) is 10.5 Å². The van der Waals surface area contributed by atoms with Crippen molar-refractivity contribution in [2.24, 2.45) is 0 Å². The Balaban J connectivity index is 1.78. The largest absolute Gasteiger partial charge is 0.468 e. The van der Waals surface area contributed by atoms with Crippen molar-refractivity contribution < 1.29 is 13.9 Å². The molecule has 2 aromatic heterocycles. The van der Waals surface area contributed by atoms with E-state index < -0.39 is 5.97 Å². The molecule has 6 nitrogen and oxygen atoms in total. The fourth-order valence-corrected chi connectivity index (χ4v) is 2.84. The molecule has 0 saturated heterocycles. The lowest BCUT2D eigenvalue weighted by Crippen LogP contribution is -2.02. The van der Waals surface area contributed by atoms with E-state index in [1.807, 2.05) is 34.9 Å². The molecule has 22 heavy (non-hydrogen) atoms. The first-order chi connectivity index (χ1) is 10.8. The third kappa shape index (κ3) is 2.89. The van der Waals surface area contributed by atoms with Crippen LogP contribution in [0.25, 0.3) is 5.69 Å². The highest BCUT2D eigenvalue weighted by Gasteiger charge is 2.16. The summed E-state index contributed by atoms with van der Waals surface area (Å²) >= 11 is 1.44. The maximum absolute atomic E-state index is 11.6. The van der Waals surface area contributed by atoms with E-state index in [1.165, 1.54) is 25.1 Å². The summed E-state index contributed by atoms with van der Waals surface area (Å²) in [6.45, 7) is 0. The Kier molecular flexibility index (Phi) is 4.24. The molecule has 3 aromatic rings. The fraction of sp³-hybridized carbons (Fsp3) is 0.133. The summed E-state index contributed by atoms with van der Waals surface area (Å²) in [7, 11) is 1.35. The first-order valence-electron chi connectivity index (χ1n) is 6.52. The van der Waals surface area contributed by atoms with Crippen molar-refractivity contribution in [3.05, 3.63) is 60.3 Å². The quantitative estimate of drug-likeness (QED) is 0.532. The fourth-order valence-electron chi connectivity index (χ4n) is 1.96. The van der Waals surface area contributed by atoms with Crippen LogP contribution in [0.1, 0.15) is 16.1 Å². The molecule has 3 rings (SSSR count). The number of methoxy groups -OCH3 is 1. The zero-order chi connectivity index (χ0) is 15.4. The van der Waals surface area contributed by atoms with E-state index in [9.17, 15) is 4.79 Å². The lowest BCUT2D eigenvalue weighted by molar-refractivity contribution is 0.0598. The van der Waals surface area contributed by atoms with Gasteiger partial charge in [-0.2, -0.15) is 0 Å². The van der Waals surface area contributed by atoms with Crippen LogP contribution < -0.4 is 0 Å². The SMILES string of the molecule is COC(=O)c1ccoc1CSc1nncn1-c1ccccc1. The Morgan fingerprint density at radius 2 is 2.14 bits per heavy atom. The molecule has 0 aliphatic carbocycles. The molecule has 0 spiro atoms. The summed E-state index contributed by atoms with van der Waals surface area (Å²) in [6, 6.07) is 11.4. The molecule has 0 bridgehead atoms. The predicted molar refractivity (Wildman–Crippen MR) is 81.0 cm³/mol. The number of esters is 1. The normalized spacial score (nSPS) is 10.6. The molecule has 1 aromatic carbocycles. The number of para-hydroxylation sites is 1. The number of thioether (sulfide) groups is 1. The van der Waals surface area contributed by atoms with Gasteiger partial charge in [-0.3, -0.25) is 4.57 Å². The third-order valence-corrected chi connectivity index (χ3v) is 3.98. The first-order valence-corrected chi connectivity index (χ1v) is 7.51. The molecule has 0 N–H and O–H groups in total. The van der Waals surface area contributed by atoms with Gasteiger partial charge in [-0.25, -0.2) is 4.79 Å². The summed E-state index contributed by atoms with van der Waals surface area (Å²) in [5, 5.41) is 8.77. The van der Waals surface area contributed by atoms with Gasteiger partial charge in [0.15, 0.2) is 5.16 Å². The van der Waals surface area contributed by atoms with Crippen LogP contribution >= 0.6 is 11.8 Å². The highest BCUT2D eigenvalue weighted by molar-refractivity contribution is 7.98. The number of carbonyl (C=O) groups is 1. The van der Waals surface area contributed by atoms with Crippen LogP contribution in [0, 0.1) is 0 Å². The van der Waals surface area contributed by atoms with Crippen molar-refractivity contribution in [2.75, 3.05) is 7.11 Å². The molecular formula is C15H13N3O3S. The molecule has 112 valence electrons. The molecule has 2 heterocycles. The summed E-state index contributed by atoms with van der Waals surface area (Å²) in [5.41, 5.74) is 1.41. The molecular weight excluding hydrogens is 302 g/mol. The number of ether oxygens (including phenoxy) is 1. The lowest BCUT2D eigenvalue weighted by Gasteiger charge is -2.05. The Morgan fingerprint density at radius 1 is 1.32 bits per heavy atom. The number of nitrogens with zero attached hydrogens (tertiary/aromatic N) is 3. The van der Waals surface area contributed by atoms with Gasteiger partial charge in [-0.05, 0) is 18.2 Å². The Labute approximate surface area is 131 Å². The topological polar surface area (TPSA) is 70.2 Å². The Bertz CT molecular complexity index is 767. The van der Waals surface area contributed by atoms with Crippen molar-refractivity contribution in [3.8, 4) is 5.69 Å². The van der Waals surface area contributed by atoms with Gasteiger partial charge in [0.2, 0.25) is 0 Å². The number of rotatable bonds is 5. The molecule has 0 atom stereocenters. The van der Waals surface area contributed by atoms with Crippen LogP contribution in [0.4, 0.5) is 0 Å². The standard InChI is InChI=1S/C15H13N3O3S/c1-20-14(19)12-7-8-21-13(12)9-22-15-17-16-10-18(15)11-5-3-2-4-6-11/h2-8,10H,9H2,1H3. The molecule has 7 heteroatoms. The number of benzene rings is 1. The number of carbonyl (C=O) groups excluding carboxylic acids is 1. The molecule has 0 unspecified atom stereocenters. The minimum absolute atomic E-state index is 0.408. The average molecular weight is 315 g/mol. The highest BCUT2D eigenvalue weighted by atomic mass is 32.2. The smallest absolute Gasteiger partial charge is 0.341 e. The van der Waals surface area contributed by atoms with Gasteiger partial charge in [0.1, 0.15) is 17.7 Å². The van der Waals surface area contributed by atoms with Gasteiger partial charge in [0, 0.05) is 5.69 Å². The van der Waals surface area contributed by atoms with Crippen molar-refractivity contribution >= 4 is 17.7 Å². The molecule has 0 aliphatic heterocycles. The van der Waals surface area contributed by atoms with Crippen molar-refractivity contribution in [2.45, 2.75) is 10.9 Å². The first kappa shape index (κ1) is 14.4. The minimum Gasteiger partial charge on any atom is -0.468 e. The zero-order valence-electron chi connectivity index (χ0n) is 11.8. The van der Waals surface area contributed by atoms with E-state index in [0.29, 0.717) is 17.1 Å². The third-order valence-electron chi connectivity index (χ3n) is 3.03. The monoisotopic (exact) mass is 315 g/mol. The maximum atomic E-state index is 11.6. The van der Waals surface area contributed by atoms with Crippen molar-refractivity contribution in [3.63, 3.8) is 0 Å². The van der Waals surface area contributed by atoms with Gasteiger partial charge < -0.3 is 9.15 Å². The second kappa shape index (κ2) is 6.48. The van der Waals surface area contributed by atoms with Crippen LogP contribution in [-0.4, -0.2) is 27.8 Å². The van der Waals surface area contributed by atoms with Crippen LogP contribution in [0.15, 0.2) is 58.6 Å². The lowest BCUT2D eigenvalue weighted by atomic mass is 10.3. The van der Waals surface area contributed by atoms with Gasteiger partial charge in [0.25, 0.3) is 0 Å². The number of hydrogen-bond acceptors (Lipinski definition) is 6. The summed E-state index contributed by atoms with van der Waals surface area (Å²) in [5.74, 6) is 0.608. The highest BCUT2D eigenvalue weighted by Crippen LogP contribution is 2.25. The van der Waals surface area contributed by atoms with Crippen LogP contribution in [0.5, 0.6) is 0 Å². The minimum atomic E-state index is -0.408. The van der Waals surface area contributed by atoms with Gasteiger partial charge in [0.05, 0.1) is 19.1 Å². The van der Waals surface area contributed by atoms with Crippen molar-refractivity contribution in [1.29, 1.82) is 0 Å². The Morgan fingerprint density at radius 3 is 2.91 bits per heavy atom. The van der Waals surface area contributed by atoms with E-state index in [1.54, 1.807) is 12.4 Å². The van der Waals surface area contributed by atoms with E-state index in [2.05, 4.69) is 10.2 Å². The molecule has 0 radical (unpaired) electrons. The van der Waals surface area contributed by atoms with Crippen LogP contribution in [0.2, 0.25) is 0 Å². The number of aromatic nitrogens is 3. The molecule has 0 fully saturated rings.